The SMILES string of the molecule is CCNC(=NCc1cc(OC)c(OC)cc1OC)NCCc1nc(C(F)(F)F)cs1.I. The van der Waals surface area contributed by atoms with Gasteiger partial charge < -0.3 is 24.8 Å². The lowest BCUT2D eigenvalue weighted by molar-refractivity contribution is -0.140. The Hall–Kier alpha value is -1.96. The summed E-state index contributed by atoms with van der Waals surface area (Å²) in [5.74, 6) is 2.25. The summed E-state index contributed by atoms with van der Waals surface area (Å²) in [6, 6.07) is 3.52. The van der Waals surface area contributed by atoms with E-state index in [-0.39, 0.29) is 24.0 Å². The molecular formula is C19H26F3IN4O3S. The van der Waals surface area contributed by atoms with Crippen LogP contribution < -0.4 is 24.8 Å². The summed E-state index contributed by atoms with van der Waals surface area (Å²) in [6.45, 7) is 3.24. The van der Waals surface area contributed by atoms with Crippen molar-refractivity contribution in [2.24, 2.45) is 4.99 Å². The monoisotopic (exact) mass is 574 g/mol. The third kappa shape index (κ3) is 7.91. The molecule has 1 aromatic carbocycles. The number of aliphatic imine (C=N–C) groups is 1. The Morgan fingerprint density at radius 3 is 2.26 bits per heavy atom. The quantitative estimate of drug-likeness (QED) is 0.267. The van der Waals surface area contributed by atoms with E-state index in [9.17, 15) is 13.2 Å². The summed E-state index contributed by atoms with van der Waals surface area (Å²) in [4.78, 5) is 8.15. The average Bonchev–Trinajstić information content (AvgIpc) is 3.20. The van der Waals surface area contributed by atoms with E-state index in [4.69, 9.17) is 14.2 Å². The van der Waals surface area contributed by atoms with Crippen molar-refractivity contribution in [3.05, 3.63) is 33.8 Å². The fraction of sp³-hybridized carbons (Fsp3) is 0.474. The number of nitrogens with zero attached hydrogens (tertiary/aromatic N) is 2. The van der Waals surface area contributed by atoms with Gasteiger partial charge in [-0.1, -0.05) is 0 Å². The predicted octanol–water partition coefficient (Wildman–Crippen LogP) is 4.10. The van der Waals surface area contributed by atoms with Gasteiger partial charge >= 0.3 is 6.18 Å². The summed E-state index contributed by atoms with van der Waals surface area (Å²) in [7, 11) is 4.65. The summed E-state index contributed by atoms with van der Waals surface area (Å²) in [5.41, 5.74) is -0.0642. The van der Waals surface area contributed by atoms with Crippen molar-refractivity contribution in [3.8, 4) is 17.2 Å². The summed E-state index contributed by atoms with van der Waals surface area (Å²) in [5, 5.41) is 7.64. The molecule has 1 heterocycles. The predicted molar refractivity (Wildman–Crippen MR) is 125 cm³/mol. The van der Waals surface area contributed by atoms with Crippen molar-refractivity contribution in [1.29, 1.82) is 0 Å². The normalized spacial score (nSPS) is 11.5. The van der Waals surface area contributed by atoms with Gasteiger partial charge in [0, 0.05) is 36.5 Å². The van der Waals surface area contributed by atoms with Crippen LogP contribution in [-0.2, 0) is 19.1 Å². The van der Waals surface area contributed by atoms with Gasteiger partial charge in [0.2, 0.25) is 0 Å². The maximum Gasteiger partial charge on any atom is 0.434 e. The Balaban J connectivity index is 0.00000480. The lowest BCUT2D eigenvalue weighted by Gasteiger charge is -2.14. The number of hydrogen-bond donors (Lipinski definition) is 2. The average molecular weight is 574 g/mol. The Bertz CT molecular complexity index is 862. The Morgan fingerprint density at radius 2 is 1.71 bits per heavy atom. The van der Waals surface area contributed by atoms with Crippen LogP contribution in [0.3, 0.4) is 0 Å². The van der Waals surface area contributed by atoms with Gasteiger partial charge in [0.05, 0.1) is 32.9 Å². The van der Waals surface area contributed by atoms with E-state index in [0.29, 0.717) is 54.3 Å². The van der Waals surface area contributed by atoms with Crippen molar-refractivity contribution in [2.75, 3.05) is 34.4 Å². The van der Waals surface area contributed by atoms with Gasteiger partial charge in [0.25, 0.3) is 0 Å². The first-order valence-corrected chi connectivity index (χ1v) is 10.0. The maximum absolute atomic E-state index is 12.6. The van der Waals surface area contributed by atoms with Crippen LogP contribution in [0.25, 0.3) is 0 Å². The van der Waals surface area contributed by atoms with Crippen LogP contribution in [0.15, 0.2) is 22.5 Å². The second kappa shape index (κ2) is 12.8. The van der Waals surface area contributed by atoms with E-state index in [1.54, 1.807) is 33.5 Å². The first-order chi connectivity index (χ1) is 14.3. The summed E-state index contributed by atoms with van der Waals surface area (Å²) >= 11 is 0.990. The second-order valence-corrected chi connectivity index (χ2v) is 6.96. The summed E-state index contributed by atoms with van der Waals surface area (Å²) < 4.78 is 54.0. The smallest absolute Gasteiger partial charge is 0.434 e. The highest BCUT2D eigenvalue weighted by atomic mass is 127. The number of aromatic nitrogens is 1. The topological polar surface area (TPSA) is 77.0 Å². The van der Waals surface area contributed by atoms with Crippen LogP contribution in [0.4, 0.5) is 13.2 Å². The number of nitrogens with one attached hydrogen (secondary N) is 2. The van der Waals surface area contributed by atoms with Gasteiger partial charge in [-0.2, -0.15) is 13.2 Å². The van der Waals surface area contributed by atoms with E-state index in [1.165, 1.54) is 0 Å². The molecule has 2 N–H and O–H groups in total. The highest BCUT2D eigenvalue weighted by Gasteiger charge is 2.33. The van der Waals surface area contributed by atoms with Gasteiger partial charge in [-0.15, -0.1) is 35.3 Å². The zero-order valence-corrected chi connectivity index (χ0v) is 20.8. The standard InChI is InChI=1S/C19H25F3N4O3S.HI/c1-5-23-18(24-7-6-17-26-16(11-30-17)19(20,21)22)25-10-12-8-14(28-3)15(29-4)9-13(12)27-2;/h8-9,11H,5-7,10H2,1-4H3,(H2,23,24,25);1H. The van der Waals surface area contributed by atoms with Crippen molar-refractivity contribution < 1.29 is 27.4 Å². The van der Waals surface area contributed by atoms with Gasteiger partial charge in [-0.3, -0.25) is 0 Å². The molecule has 12 heteroatoms. The Morgan fingerprint density at radius 1 is 1.06 bits per heavy atom. The first-order valence-electron chi connectivity index (χ1n) is 9.15. The van der Waals surface area contributed by atoms with E-state index in [1.807, 2.05) is 6.92 Å². The Labute approximate surface area is 200 Å². The number of halogens is 4. The number of rotatable bonds is 9. The molecule has 0 fully saturated rings. The van der Waals surface area contributed by atoms with Crippen molar-refractivity contribution in [3.63, 3.8) is 0 Å². The molecule has 0 aliphatic carbocycles. The third-order valence-electron chi connectivity index (χ3n) is 4.01. The molecule has 0 aliphatic rings. The first kappa shape index (κ1) is 27.1. The van der Waals surface area contributed by atoms with Crippen LogP contribution in [-0.4, -0.2) is 45.4 Å². The third-order valence-corrected chi connectivity index (χ3v) is 4.92. The van der Waals surface area contributed by atoms with Gasteiger partial charge in [-0.25, -0.2) is 9.98 Å². The maximum atomic E-state index is 12.6. The largest absolute Gasteiger partial charge is 0.496 e. The molecule has 1 aromatic heterocycles. The number of guanidine groups is 1. The van der Waals surface area contributed by atoms with Crippen molar-refractivity contribution >= 4 is 41.3 Å². The lowest BCUT2D eigenvalue weighted by Crippen LogP contribution is -2.38. The molecule has 7 nitrogen and oxygen atoms in total. The molecule has 31 heavy (non-hydrogen) atoms. The number of thiazole rings is 1. The number of methoxy groups -OCH3 is 3. The summed E-state index contributed by atoms with van der Waals surface area (Å²) in [6.07, 6.45) is -4.07. The van der Waals surface area contributed by atoms with Crippen LogP contribution in [0.5, 0.6) is 17.2 Å². The zero-order chi connectivity index (χ0) is 22.1. The minimum atomic E-state index is -4.42. The molecule has 2 aromatic rings. The molecule has 0 unspecified atom stereocenters. The van der Waals surface area contributed by atoms with Gasteiger partial charge in [0.1, 0.15) is 5.75 Å². The molecule has 0 spiro atoms. The molecule has 0 atom stereocenters. The Kier molecular flexibility index (Phi) is 11.2. The zero-order valence-electron chi connectivity index (χ0n) is 17.6. The molecule has 0 aliphatic heterocycles. The second-order valence-electron chi connectivity index (χ2n) is 6.02. The van der Waals surface area contributed by atoms with E-state index in [0.717, 1.165) is 22.3 Å². The highest BCUT2D eigenvalue weighted by molar-refractivity contribution is 14.0. The van der Waals surface area contributed by atoms with E-state index in [2.05, 4.69) is 20.6 Å². The van der Waals surface area contributed by atoms with Crippen LogP contribution in [0.2, 0.25) is 0 Å². The number of benzene rings is 1. The molecular weight excluding hydrogens is 548 g/mol. The molecule has 0 radical (unpaired) electrons. The van der Waals surface area contributed by atoms with Crippen molar-refractivity contribution in [1.82, 2.24) is 15.6 Å². The molecule has 2 rings (SSSR count). The number of hydrogen-bond acceptors (Lipinski definition) is 6. The van der Waals surface area contributed by atoms with Crippen LogP contribution in [0, 0.1) is 0 Å². The fourth-order valence-corrected chi connectivity index (χ4v) is 3.37. The van der Waals surface area contributed by atoms with Crippen LogP contribution in [0.1, 0.15) is 23.2 Å². The minimum absolute atomic E-state index is 0. The molecule has 174 valence electrons. The van der Waals surface area contributed by atoms with Crippen LogP contribution >= 0.6 is 35.3 Å². The molecule has 0 saturated carbocycles. The van der Waals surface area contributed by atoms with Crippen molar-refractivity contribution in [2.45, 2.75) is 26.1 Å². The molecule has 0 amide bonds. The fourth-order valence-electron chi connectivity index (χ4n) is 2.57. The minimum Gasteiger partial charge on any atom is -0.496 e. The lowest BCUT2D eigenvalue weighted by atomic mass is 10.1. The van der Waals surface area contributed by atoms with Gasteiger partial charge in [-0.05, 0) is 13.0 Å². The molecule has 0 saturated heterocycles. The number of ether oxygens (including phenoxy) is 3. The number of alkyl halides is 3. The van der Waals surface area contributed by atoms with Gasteiger partial charge in [0.15, 0.2) is 23.2 Å². The van der Waals surface area contributed by atoms with E-state index < -0.39 is 11.9 Å². The highest BCUT2D eigenvalue weighted by Crippen LogP contribution is 2.35. The molecule has 0 bridgehead atoms. The van der Waals surface area contributed by atoms with E-state index >= 15 is 0 Å².